The minimum Gasteiger partial charge on any atom is -0.303 e. The summed E-state index contributed by atoms with van der Waals surface area (Å²) in [6.07, 6.45) is 2.62. The second-order valence-electron chi connectivity index (χ2n) is 3.01. The van der Waals surface area contributed by atoms with Crippen molar-refractivity contribution in [1.29, 1.82) is 0 Å². The molecule has 4 heteroatoms. The van der Waals surface area contributed by atoms with E-state index in [4.69, 9.17) is 5.84 Å². The van der Waals surface area contributed by atoms with Gasteiger partial charge in [-0.1, -0.05) is 5.57 Å². The second-order valence-corrected chi connectivity index (χ2v) is 3.01. The third-order valence-corrected chi connectivity index (χ3v) is 1.76. The van der Waals surface area contributed by atoms with E-state index in [1.165, 1.54) is 0 Å². The van der Waals surface area contributed by atoms with Crippen LogP contribution in [0.5, 0.6) is 0 Å². The Morgan fingerprint density at radius 2 is 2.08 bits per heavy atom. The van der Waals surface area contributed by atoms with Crippen LogP contribution in [-0.2, 0) is 9.59 Å². The molecule has 0 unspecified atom stereocenters. The number of hydrogen-bond acceptors (Lipinski definition) is 3. The van der Waals surface area contributed by atoms with Gasteiger partial charge in [-0.2, -0.15) is 0 Å². The lowest BCUT2D eigenvalue weighted by molar-refractivity contribution is -0.117. The van der Waals surface area contributed by atoms with Gasteiger partial charge in [0.1, 0.15) is 6.29 Å². The molecule has 13 heavy (non-hydrogen) atoms. The molecular formula is C9H16N2O2. The van der Waals surface area contributed by atoms with Gasteiger partial charge in [0.2, 0.25) is 0 Å². The number of amides is 1. The Balaban J connectivity index is 4.21. The highest BCUT2D eigenvalue weighted by Gasteiger charge is 2.08. The van der Waals surface area contributed by atoms with Gasteiger partial charge in [0, 0.05) is 12.0 Å². The Labute approximate surface area is 78.2 Å². The molecule has 0 aromatic heterocycles. The van der Waals surface area contributed by atoms with E-state index in [1.807, 2.05) is 13.8 Å². The maximum absolute atomic E-state index is 11.2. The molecule has 0 aliphatic carbocycles. The topological polar surface area (TPSA) is 72.2 Å². The molecule has 0 aliphatic heterocycles. The number of carbonyl (C=O) groups is 2. The smallest absolute Gasteiger partial charge is 0.261 e. The zero-order chi connectivity index (χ0) is 10.3. The van der Waals surface area contributed by atoms with Crippen LogP contribution in [0.3, 0.4) is 0 Å². The largest absolute Gasteiger partial charge is 0.303 e. The minimum absolute atomic E-state index is 0.258. The summed E-state index contributed by atoms with van der Waals surface area (Å²) in [6.45, 7) is 3.71. The van der Waals surface area contributed by atoms with Crippen molar-refractivity contribution in [2.45, 2.75) is 33.1 Å². The molecule has 3 N–H and O–H groups in total. The fraction of sp³-hybridized carbons (Fsp3) is 0.556. The van der Waals surface area contributed by atoms with Crippen LogP contribution in [-0.4, -0.2) is 12.2 Å². The van der Waals surface area contributed by atoms with Gasteiger partial charge in [0.05, 0.1) is 0 Å². The van der Waals surface area contributed by atoms with Crippen LogP contribution in [0.1, 0.15) is 33.1 Å². The van der Waals surface area contributed by atoms with E-state index in [0.717, 1.165) is 11.9 Å². The molecular weight excluding hydrogens is 168 g/mol. The Hall–Kier alpha value is -1.16. The average molecular weight is 184 g/mol. The van der Waals surface area contributed by atoms with Gasteiger partial charge >= 0.3 is 0 Å². The Bertz CT molecular complexity index is 218. The lowest BCUT2D eigenvalue weighted by atomic mass is 10.0. The summed E-state index contributed by atoms with van der Waals surface area (Å²) in [5.41, 5.74) is 3.70. The number of hydrogen-bond donors (Lipinski definition) is 2. The molecule has 0 radical (unpaired) electrons. The van der Waals surface area contributed by atoms with Gasteiger partial charge in [0.25, 0.3) is 5.91 Å². The Morgan fingerprint density at radius 1 is 1.46 bits per heavy atom. The summed E-state index contributed by atoms with van der Waals surface area (Å²) < 4.78 is 0. The maximum atomic E-state index is 11.2. The molecule has 0 heterocycles. The summed E-state index contributed by atoms with van der Waals surface area (Å²) >= 11 is 0. The van der Waals surface area contributed by atoms with Gasteiger partial charge in [-0.05, 0) is 26.7 Å². The van der Waals surface area contributed by atoms with Gasteiger partial charge in [-0.15, -0.1) is 0 Å². The van der Waals surface area contributed by atoms with Crippen molar-refractivity contribution in [3.63, 3.8) is 0 Å². The molecule has 0 saturated carbocycles. The van der Waals surface area contributed by atoms with Gasteiger partial charge in [-0.25, -0.2) is 5.84 Å². The van der Waals surface area contributed by atoms with Crippen LogP contribution >= 0.6 is 0 Å². The SMILES string of the molecule is CC(C)=C(CCCC=O)C(=O)NN. The molecule has 0 aliphatic rings. The predicted octanol–water partition coefficient (Wildman–Crippen LogP) is 0.682. The lowest BCUT2D eigenvalue weighted by Gasteiger charge is -2.06. The molecule has 0 bridgehead atoms. The second kappa shape index (κ2) is 6.37. The molecule has 0 atom stereocenters. The number of hydrazine groups is 1. The fourth-order valence-electron chi connectivity index (χ4n) is 1.04. The van der Waals surface area contributed by atoms with Crippen molar-refractivity contribution in [2.24, 2.45) is 5.84 Å². The van der Waals surface area contributed by atoms with Crippen LogP contribution < -0.4 is 11.3 Å². The molecule has 0 aromatic carbocycles. The first kappa shape index (κ1) is 11.8. The summed E-state index contributed by atoms with van der Waals surface area (Å²) in [5, 5.41) is 0. The molecule has 0 rings (SSSR count). The van der Waals surface area contributed by atoms with E-state index in [2.05, 4.69) is 5.43 Å². The standard InChI is InChI=1S/C9H16N2O2/c1-7(2)8(9(13)11-10)5-3-4-6-12/h6H,3-5,10H2,1-2H3,(H,11,13). The van der Waals surface area contributed by atoms with Crippen molar-refractivity contribution in [2.75, 3.05) is 0 Å². The van der Waals surface area contributed by atoms with Crippen molar-refractivity contribution < 1.29 is 9.59 Å². The third kappa shape index (κ3) is 4.42. The average Bonchev–Trinajstić information content (AvgIpc) is 2.11. The number of rotatable bonds is 5. The van der Waals surface area contributed by atoms with E-state index in [-0.39, 0.29) is 5.91 Å². The molecule has 1 amide bonds. The monoisotopic (exact) mass is 184 g/mol. The summed E-state index contributed by atoms with van der Waals surface area (Å²) in [6, 6.07) is 0. The number of unbranched alkanes of at least 4 members (excludes halogenated alkanes) is 1. The van der Waals surface area contributed by atoms with E-state index in [1.54, 1.807) is 0 Å². The number of nitrogens with one attached hydrogen (secondary N) is 1. The molecule has 0 fully saturated rings. The van der Waals surface area contributed by atoms with Gasteiger partial charge < -0.3 is 4.79 Å². The molecule has 0 spiro atoms. The summed E-state index contributed by atoms with van der Waals surface area (Å²) in [4.78, 5) is 21.2. The van der Waals surface area contributed by atoms with Crippen molar-refractivity contribution in [3.8, 4) is 0 Å². The first-order chi connectivity index (χ1) is 6.13. The van der Waals surface area contributed by atoms with Gasteiger partial charge in [0.15, 0.2) is 0 Å². The quantitative estimate of drug-likeness (QED) is 0.165. The van der Waals surface area contributed by atoms with Crippen molar-refractivity contribution >= 4 is 12.2 Å². The van der Waals surface area contributed by atoms with Crippen molar-refractivity contribution in [3.05, 3.63) is 11.1 Å². The first-order valence-corrected chi connectivity index (χ1v) is 4.24. The predicted molar refractivity (Wildman–Crippen MR) is 50.6 cm³/mol. The van der Waals surface area contributed by atoms with Crippen LogP contribution in [0, 0.1) is 0 Å². The van der Waals surface area contributed by atoms with E-state index in [9.17, 15) is 9.59 Å². The zero-order valence-corrected chi connectivity index (χ0v) is 8.09. The zero-order valence-electron chi connectivity index (χ0n) is 8.09. The fourth-order valence-corrected chi connectivity index (χ4v) is 1.04. The summed E-state index contributed by atoms with van der Waals surface area (Å²) in [7, 11) is 0. The summed E-state index contributed by atoms with van der Waals surface area (Å²) in [5.74, 6) is 4.75. The maximum Gasteiger partial charge on any atom is 0.261 e. The highest BCUT2D eigenvalue weighted by Crippen LogP contribution is 2.11. The molecule has 0 aromatic rings. The van der Waals surface area contributed by atoms with Gasteiger partial charge in [-0.3, -0.25) is 10.2 Å². The van der Waals surface area contributed by atoms with E-state index < -0.39 is 0 Å². The minimum atomic E-state index is -0.258. The number of nitrogens with two attached hydrogens (primary N) is 1. The van der Waals surface area contributed by atoms with Crippen LogP contribution in [0.2, 0.25) is 0 Å². The molecule has 4 nitrogen and oxygen atoms in total. The highest BCUT2D eigenvalue weighted by atomic mass is 16.2. The van der Waals surface area contributed by atoms with E-state index in [0.29, 0.717) is 24.8 Å². The van der Waals surface area contributed by atoms with E-state index >= 15 is 0 Å². The lowest BCUT2D eigenvalue weighted by Crippen LogP contribution is -2.31. The van der Waals surface area contributed by atoms with Crippen LogP contribution in [0.15, 0.2) is 11.1 Å². The van der Waals surface area contributed by atoms with Crippen LogP contribution in [0.25, 0.3) is 0 Å². The Morgan fingerprint density at radius 3 is 2.46 bits per heavy atom. The number of allylic oxidation sites excluding steroid dienone is 1. The van der Waals surface area contributed by atoms with Crippen LogP contribution in [0.4, 0.5) is 0 Å². The number of aldehydes is 1. The third-order valence-electron chi connectivity index (χ3n) is 1.76. The Kier molecular flexibility index (Phi) is 5.80. The first-order valence-electron chi connectivity index (χ1n) is 4.24. The molecule has 74 valence electrons. The molecule has 0 saturated heterocycles. The highest BCUT2D eigenvalue weighted by molar-refractivity contribution is 5.93. The normalized spacial score (nSPS) is 9.15. The van der Waals surface area contributed by atoms with Crippen molar-refractivity contribution in [1.82, 2.24) is 5.43 Å². The number of carbonyl (C=O) groups excluding carboxylic acids is 2.